The molecule has 0 aromatic heterocycles. The Bertz CT molecular complexity index is 366. The van der Waals surface area contributed by atoms with Gasteiger partial charge in [0.1, 0.15) is 0 Å². The maximum atomic E-state index is 9.07. The van der Waals surface area contributed by atoms with Gasteiger partial charge in [-0.1, -0.05) is 37.3 Å². The van der Waals surface area contributed by atoms with Crippen molar-refractivity contribution in [1.82, 2.24) is 4.90 Å². The van der Waals surface area contributed by atoms with Crippen molar-refractivity contribution in [2.75, 3.05) is 6.54 Å². The highest BCUT2D eigenvalue weighted by molar-refractivity contribution is 5.15. The van der Waals surface area contributed by atoms with E-state index in [0.29, 0.717) is 6.04 Å². The fourth-order valence-corrected chi connectivity index (χ4v) is 2.38. The van der Waals surface area contributed by atoms with E-state index < -0.39 is 0 Å². The minimum absolute atomic E-state index is 0.206. The highest BCUT2D eigenvalue weighted by atomic mass is 15.2. The zero-order chi connectivity index (χ0) is 11.4. The second-order valence-corrected chi connectivity index (χ2v) is 4.46. The van der Waals surface area contributed by atoms with Crippen LogP contribution in [-0.2, 0) is 6.54 Å². The Morgan fingerprint density at radius 2 is 2.19 bits per heavy atom. The number of benzene rings is 1. The van der Waals surface area contributed by atoms with Gasteiger partial charge in [-0.05, 0) is 18.4 Å². The highest BCUT2D eigenvalue weighted by Crippen LogP contribution is 2.28. The molecule has 84 valence electrons. The average molecular weight is 214 g/mol. The fourth-order valence-electron chi connectivity index (χ4n) is 2.38. The van der Waals surface area contributed by atoms with Gasteiger partial charge < -0.3 is 0 Å². The first kappa shape index (κ1) is 11.2. The van der Waals surface area contributed by atoms with Crippen LogP contribution in [0.3, 0.4) is 0 Å². The number of likely N-dealkylation sites (tertiary alicyclic amines) is 1. The molecule has 0 N–H and O–H groups in total. The summed E-state index contributed by atoms with van der Waals surface area (Å²) in [5.74, 6) is 0.206. The summed E-state index contributed by atoms with van der Waals surface area (Å²) in [5.41, 5.74) is 1.35. The van der Waals surface area contributed by atoms with Crippen LogP contribution in [-0.4, -0.2) is 17.5 Å². The predicted molar refractivity (Wildman–Crippen MR) is 64.7 cm³/mol. The lowest BCUT2D eigenvalue weighted by molar-refractivity contribution is 0.0524. The summed E-state index contributed by atoms with van der Waals surface area (Å²) in [6.07, 6.45) is 2.14. The normalized spacial score (nSPS) is 22.1. The molecule has 1 aromatic carbocycles. The predicted octanol–water partition coefficient (Wildman–Crippen LogP) is 2.81. The summed E-state index contributed by atoms with van der Waals surface area (Å²) < 4.78 is 0. The zero-order valence-corrected chi connectivity index (χ0v) is 9.76. The first-order valence-corrected chi connectivity index (χ1v) is 6.02. The van der Waals surface area contributed by atoms with Crippen molar-refractivity contribution in [3.05, 3.63) is 35.9 Å². The maximum Gasteiger partial charge on any atom is 0.0672 e. The van der Waals surface area contributed by atoms with Crippen LogP contribution in [0.15, 0.2) is 30.3 Å². The lowest BCUT2D eigenvalue weighted by Gasteiger charge is -2.43. The summed E-state index contributed by atoms with van der Waals surface area (Å²) in [6, 6.07) is 13.4. The third-order valence-corrected chi connectivity index (χ3v) is 3.48. The first-order valence-electron chi connectivity index (χ1n) is 6.02. The highest BCUT2D eigenvalue weighted by Gasteiger charge is 2.33. The monoisotopic (exact) mass is 214 g/mol. The van der Waals surface area contributed by atoms with Crippen molar-refractivity contribution in [2.45, 2.75) is 32.4 Å². The number of hydrogen-bond acceptors (Lipinski definition) is 2. The van der Waals surface area contributed by atoms with E-state index in [1.165, 1.54) is 12.0 Å². The molecular weight excluding hydrogens is 196 g/mol. The van der Waals surface area contributed by atoms with Crippen LogP contribution >= 0.6 is 0 Å². The minimum Gasteiger partial charge on any atom is -0.295 e. The zero-order valence-electron chi connectivity index (χ0n) is 9.76. The third-order valence-electron chi connectivity index (χ3n) is 3.48. The molecule has 1 aliphatic heterocycles. The van der Waals surface area contributed by atoms with E-state index in [2.05, 4.69) is 42.2 Å². The first-order chi connectivity index (χ1) is 7.85. The summed E-state index contributed by atoms with van der Waals surface area (Å²) in [7, 11) is 0. The number of rotatable bonds is 4. The molecule has 1 aromatic rings. The molecule has 0 saturated carbocycles. The smallest absolute Gasteiger partial charge is 0.0672 e. The second-order valence-electron chi connectivity index (χ2n) is 4.46. The van der Waals surface area contributed by atoms with Crippen LogP contribution in [0.2, 0.25) is 0 Å². The molecule has 2 nitrogen and oxygen atoms in total. The quantitative estimate of drug-likeness (QED) is 0.770. The molecular formula is C14H18N2. The largest absolute Gasteiger partial charge is 0.295 e. The molecule has 2 atom stereocenters. The maximum absolute atomic E-state index is 9.07. The van der Waals surface area contributed by atoms with Crippen LogP contribution in [0.25, 0.3) is 0 Å². The van der Waals surface area contributed by atoms with Crippen molar-refractivity contribution in [2.24, 2.45) is 5.92 Å². The van der Waals surface area contributed by atoms with Crippen LogP contribution in [0, 0.1) is 17.2 Å². The molecule has 0 bridgehead atoms. The van der Waals surface area contributed by atoms with E-state index >= 15 is 0 Å². The molecule has 2 unspecified atom stereocenters. The van der Waals surface area contributed by atoms with Crippen molar-refractivity contribution >= 4 is 0 Å². The van der Waals surface area contributed by atoms with Gasteiger partial charge in [-0.2, -0.15) is 5.26 Å². The van der Waals surface area contributed by atoms with Gasteiger partial charge in [0.05, 0.1) is 12.0 Å². The van der Waals surface area contributed by atoms with E-state index in [4.69, 9.17) is 5.26 Å². The SMILES string of the molecule is CCC(C#N)C1CCN1Cc1ccccc1. The van der Waals surface area contributed by atoms with Crippen molar-refractivity contribution in [1.29, 1.82) is 5.26 Å². The Labute approximate surface area is 97.5 Å². The van der Waals surface area contributed by atoms with Gasteiger partial charge in [-0.15, -0.1) is 0 Å². The Morgan fingerprint density at radius 1 is 1.44 bits per heavy atom. The van der Waals surface area contributed by atoms with E-state index in [1.54, 1.807) is 0 Å². The summed E-state index contributed by atoms with van der Waals surface area (Å²) >= 11 is 0. The molecule has 0 aliphatic carbocycles. The molecule has 0 spiro atoms. The van der Waals surface area contributed by atoms with E-state index in [-0.39, 0.29) is 5.92 Å². The molecule has 1 heterocycles. The molecule has 1 fully saturated rings. The molecule has 16 heavy (non-hydrogen) atoms. The lowest BCUT2D eigenvalue weighted by atomic mass is 9.88. The van der Waals surface area contributed by atoms with Gasteiger partial charge in [0.25, 0.3) is 0 Å². The van der Waals surface area contributed by atoms with Gasteiger partial charge >= 0.3 is 0 Å². The Hall–Kier alpha value is -1.33. The summed E-state index contributed by atoms with van der Waals surface area (Å²) in [4.78, 5) is 2.42. The molecule has 1 aliphatic rings. The molecule has 1 saturated heterocycles. The molecule has 2 heteroatoms. The van der Waals surface area contributed by atoms with Gasteiger partial charge in [0.15, 0.2) is 0 Å². The number of nitriles is 1. The molecule has 2 rings (SSSR count). The van der Waals surface area contributed by atoms with E-state index in [0.717, 1.165) is 19.5 Å². The van der Waals surface area contributed by atoms with Crippen LogP contribution < -0.4 is 0 Å². The van der Waals surface area contributed by atoms with Gasteiger partial charge in [-0.25, -0.2) is 0 Å². The van der Waals surface area contributed by atoms with E-state index in [9.17, 15) is 0 Å². The van der Waals surface area contributed by atoms with Gasteiger partial charge in [-0.3, -0.25) is 4.90 Å². The average Bonchev–Trinajstić information content (AvgIpc) is 2.32. The van der Waals surface area contributed by atoms with Crippen molar-refractivity contribution < 1.29 is 0 Å². The lowest BCUT2D eigenvalue weighted by Crippen LogP contribution is -2.50. The fraction of sp³-hybridized carbons (Fsp3) is 0.500. The summed E-state index contributed by atoms with van der Waals surface area (Å²) in [6.45, 7) is 4.23. The molecule has 0 radical (unpaired) electrons. The van der Waals surface area contributed by atoms with E-state index in [1.807, 2.05) is 6.07 Å². The Morgan fingerprint density at radius 3 is 2.69 bits per heavy atom. The second kappa shape index (κ2) is 5.14. The van der Waals surface area contributed by atoms with Crippen molar-refractivity contribution in [3.63, 3.8) is 0 Å². The Kier molecular flexibility index (Phi) is 3.58. The summed E-state index contributed by atoms with van der Waals surface area (Å²) in [5, 5.41) is 9.07. The molecule has 0 amide bonds. The number of nitrogens with zero attached hydrogens (tertiary/aromatic N) is 2. The topological polar surface area (TPSA) is 27.0 Å². The minimum atomic E-state index is 0.206. The third kappa shape index (κ3) is 2.25. The van der Waals surface area contributed by atoms with Gasteiger partial charge in [0, 0.05) is 19.1 Å². The standard InChI is InChI=1S/C14H18N2/c1-2-13(10-15)14-8-9-16(14)11-12-6-4-3-5-7-12/h3-7,13-14H,2,8-9,11H2,1H3. The van der Waals surface area contributed by atoms with Crippen LogP contribution in [0.5, 0.6) is 0 Å². The van der Waals surface area contributed by atoms with Gasteiger partial charge in [0.2, 0.25) is 0 Å². The van der Waals surface area contributed by atoms with Crippen LogP contribution in [0.1, 0.15) is 25.3 Å². The number of hydrogen-bond donors (Lipinski definition) is 0. The van der Waals surface area contributed by atoms with Crippen LogP contribution in [0.4, 0.5) is 0 Å². The Balaban J connectivity index is 1.95. The van der Waals surface area contributed by atoms with Crippen molar-refractivity contribution in [3.8, 4) is 6.07 Å².